The number of aromatic nitrogens is 2. The number of ether oxygens (including phenoxy) is 1. The van der Waals surface area contributed by atoms with Crippen LogP contribution in [0.25, 0.3) is 0 Å². The number of anilines is 1. The van der Waals surface area contributed by atoms with Crippen molar-refractivity contribution >= 4 is 23.5 Å². The fourth-order valence-corrected chi connectivity index (χ4v) is 2.83. The molecule has 1 aliphatic rings. The lowest BCUT2D eigenvalue weighted by Gasteiger charge is -2.33. The topological polar surface area (TPSA) is 75.5 Å². The minimum absolute atomic E-state index is 0.477. The molecule has 1 saturated heterocycles. The van der Waals surface area contributed by atoms with E-state index in [-0.39, 0.29) is 0 Å². The van der Waals surface area contributed by atoms with Crippen molar-refractivity contribution in [3.8, 4) is 5.88 Å². The number of hydrogen-bond acceptors (Lipinski definition) is 6. The predicted molar refractivity (Wildman–Crippen MR) is 69.3 cm³/mol. The van der Waals surface area contributed by atoms with Crippen molar-refractivity contribution in [1.82, 2.24) is 9.97 Å². The minimum atomic E-state index is -0.821. The molecule has 1 aromatic heterocycles. The quantitative estimate of drug-likeness (QED) is 0.869. The molecule has 0 amide bonds. The van der Waals surface area contributed by atoms with Crippen LogP contribution >= 0.6 is 11.8 Å². The molecule has 0 bridgehead atoms. The van der Waals surface area contributed by atoms with E-state index >= 15 is 0 Å². The molecule has 1 unspecified atom stereocenters. The molecule has 1 fully saturated rings. The van der Waals surface area contributed by atoms with Crippen LogP contribution in [0.2, 0.25) is 0 Å². The van der Waals surface area contributed by atoms with E-state index in [1.807, 2.05) is 6.92 Å². The Morgan fingerprint density at radius 2 is 2.50 bits per heavy atom. The minimum Gasteiger partial charge on any atom is -0.480 e. The fourth-order valence-electron chi connectivity index (χ4n) is 1.80. The number of hydrogen-bond donors (Lipinski definition) is 1. The summed E-state index contributed by atoms with van der Waals surface area (Å²) in [6.07, 6.45) is 1.40. The fraction of sp³-hybridized carbons (Fsp3) is 0.545. The smallest absolute Gasteiger partial charge is 0.327 e. The van der Waals surface area contributed by atoms with Crippen LogP contribution in [0.3, 0.4) is 0 Å². The maximum atomic E-state index is 11.2. The first kappa shape index (κ1) is 12.9. The maximum absolute atomic E-state index is 11.2. The van der Waals surface area contributed by atoms with Gasteiger partial charge in [-0.3, -0.25) is 0 Å². The highest BCUT2D eigenvalue weighted by atomic mass is 32.2. The molecule has 2 rings (SSSR count). The number of aliphatic carboxylic acids is 1. The van der Waals surface area contributed by atoms with Gasteiger partial charge >= 0.3 is 5.97 Å². The molecule has 0 aromatic carbocycles. The van der Waals surface area contributed by atoms with Crippen molar-refractivity contribution in [3.63, 3.8) is 0 Å². The molecule has 0 saturated carbocycles. The monoisotopic (exact) mass is 269 g/mol. The summed E-state index contributed by atoms with van der Waals surface area (Å²) in [5, 5.41) is 9.21. The maximum Gasteiger partial charge on any atom is 0.327 e. The molecule has 1 aliphatic heterocycles. The molecule has 1 atom stereocenters. The van der Waals surface area contributed by atoms with Crippen molar-refractivity contribution in [2.45, 2.75) is 13.0 Å². The van der Waals surface area contributed by atoms with E-state index in [0.717, 1.165) is 5.75 Å². The van der Waals surface area contributed by atoms with E-state index in [9.17, 15) is 9.90 Å². The standard InChI is InChI=1S/C11H15N3O3S/c1-2-17-10-5-9(12-7-13-10)14-3-4-18-6-8(14)11(15)16/h5,7-8H,2-4,6H2,1H3,(H,15,16). The van der Waals surface area contributed by atoms with Crippen LogP contribution in [0, 0.1) is 0 Å². The zero-order valence-corrected chi connectivity index (χ0v) is 10.9. The molecule has 1 N–H and O–H groups in total. The molecule has 18 heavy (non-hydrogen) atoms. The number of rotatable bonds is 4. The van der Waals surface area contributed by atoms with E-state index < -0.39 is 12.0 Å². The average molecular weight is 269 g/mol. The zero-order chi connectivity index (χ0) is 13.0. The van der Waals surface area contributed by atoms with Crippen LogP contribution in [-0.2, 0) is 4.79 Å². The highest BCUT2D eigenvalue weighted by Gasteiger charge is 2.30. The molecule has 6 nitrogen and oxygen atoms in total. The number of nitrogens with zero attached hydrogens (tertiary/aromatic N) is 3. The van der Waals surface area contributed by atoms with Crippen LogP contribution in [-0.4, -0.2) is 51.7 Å². The summed E-state index contributed by atoms with van der Waals surface area (Å²) < 4.78 is 5.30. The Labute approximate surface area is 109 Å². The third-order valence-corrected chi connectivity index (χ3v) is 3.65. The summed E-state index contributed by atoms with van der Waals surface area (Å²) in [6, 6.07) is 1.16. The van der Waals surface area contributed by atoms with Crippen LogP contribution in [0.5, 0.6) is 5.88 Å². The van der Waals surface area contributed by atoms with Crippen molar-refractivity contribution in [2.24, 2.45) is 0 Å². The zero-order valence-electron chi connectivity index (χ0n) is 10.1. The highest BCUT2D eigenvalue weighted by Crippen LogP contribution is 2.24. The van der Waals surface area contributed by atoms with Gasteiger partial charge in [0.25, 0.3) is 0 Å². The van der Waals surface area contributed by atoms with Crippen molar-refractivity contribution < 1.29 is 14.6 Å². The van der Waals surface area contributed by atoms with Crippen molar-refractivity contribution in [2.75, 3.05) is 29.6 Å². The van der Waals surface area contributed by atoms with Crippen LogP contribution in [0.4, 0.5) is 5.82 Å². The molecule has 2 heterocycles. The van der Waals surface area contributed by atoms with Gasteiger partial charge in [0.1, 0.15) is 18.2 Å². The molecule has 1 aromatic rings. The van der Waals surface area contributed by atoms with Gasteiger partial charge in [-0.25, -0.2) is 14.8 Å². The molecule has 0 aliphatic carbocycles. The van der Waals surface area contributed by atoms with Crippen LogP contribution in [0.1, 0.15) is 6.92 Å². The Balaban J connectivity index is 2.22. The third-order valence-electron chi connectivity index (χ3n) is 2.63. The summed E-state index contributed by atoms with van der Waals surface area (Å²) in [6.45, 7) is 3.07. The molecule has 98 valence electrons. The number of carbonyl (C=O) groups is 1. The third kappa shape index (κ3) is 2.84. The van der Waals surface area contributed by atoms with E-state index in [1.54, 1.807) is 22.7 Å². The summed E-state index contributed by atoms with van der Waals surface area (Å²) in [7, 11) is 0. The number of carboxylic acid groups (broad SMARTS) is 1. The lowest BCUT2D eigenvalue weighted by Crippen LogP contribution is -2.47. The van der Waals surface area contributed by atoms with Crippen LogP contribution in [0.15, 0.2) is 12.4 Å². The Hall–Kier alpha value is -1.50. The van der Waals surface area contributed by atoms with Gasteiger partial charge in [0.05, 0.1) is 6.61 Å². The second-order valence-corrected chi connectivity index (χ2v) is 4.92. The van der Waals surface area contributed by atoms with Gasteiger partial charge in [0.2, 0.25) is 5.88 Å². The molecule has 7 heteroatoms. The first-order chi connectivity index (χ1) is 8.72. The van der Waals surface area contributed by atoms with Gasteiger partial charge in [0, 0.05) is 24.1 Å². The van der Waals surface area contributed by atoms with Gasteiger partial charge in [0.15, 0.2) is 0 Å². The lowest BCUT2D eigenvalue weighted by atomic mass is 10.2. The van der Waals surface area contributed by atoms with Gasteiger partial charge in [-0.15, -0.1) is 0 Å². The largest absolute Gasteiger partial charge is 0.480 e. The predicted octanol–water partition coefficient (Wildman–Crippen LogP) is 0.882. The van der Waals surface area contributed by atoms with Gasteiger partial charge in [-0.1, -0.05) is 0 Å². The Morgan fingerprint density at radius 3 is 3.22 bits per heavy atom. The van der Waals surface area contributed by atoms with E-state index in [4.69, 9.17) is 4.74 Å². The molecular weight excluding hydrogens is 254 g/mol. The Kier molecular flexibility index (Phi) is 4.24. The summed E-state index contributed by atoms with van der Waals surface area (Å²) in [4.78, 5) is 21.1. The second kappa shape index (κ2) is 5.90. The number of carboxylic acids is 1. The number of thioether (sulfide) groups is 1. The van der Waals surface area contributed by atoms with Crippen molar-refractivity contribution in [1.29, 1.82) is 0 Å². The lowest BCUT2D eigenvalue weighted by molar-refractivity contribution is -0.138. The summed E-state index contributed by atoms with van der Waals surface area (Å²) >= 11 is 1.65. The second-order valence-electron chi connectivity index (χ2n) is 3.77. The Bertz CT molecular complexity index is 430. The van der Waals surface area contributed by atoms with E-state index in [2.05, 4.69) is 9.97 Å². The average Bonchev–Trinajstić information content (AvgIpc) is 2.39. The van der Waals surface area contributed by atoms with E-state index in [1.165, 1.54) is 6.33 Å². The first-order valence-electron chi connectivity index (χ1n) is 5.74. The first-order valence-corrected chi connectivity index (χ1v) is 6.90. The molecular formula is C11H15N3O3S. The normalized spacial score (nSPS) is 19.6. The van der Waals surface area contributed by atoms with Gasteiger partial charge in [-0.2, -0.15) is 11.8 Å². The summed E-state index contributed by atoms with van der Waals surface area (Å²) in [5.74, 6) is 1.74. The molecule has 0 spiro atoms. The van der Waals surface area contributed by atoms with Crippen LogP contribution < -0.4 is 9.64 Å². The SMILES string of the molecule is CCOc1cc(N2CCSCC2C(=O)O)ncn1. The summed E-state index contributed by atoms with van der Waals surface area (Å²) in [5.41, 5.74) is 0. The molecule has 0 radical (unpaired) electrons. The Morgan fingerprint density at radius 1 is 1.67 bits per heavy atom. The van der Waals surface area contributed by atoms with E-state index in [0.29, 0.717) is 30.6 Å². The van der Waals surface area contributed by atoms with Gasteiger partial charge in [-0.05, 0) is 6.92 Å². The van der Waals surface area contributed by atoms with Crippen molar-refractivity contribution in [3.05, 3.63) is 12.4 Å². The highest BCUT2D eigenvalue weighted by molar-refractivity contribution is 7.99. The van der Waals surface area contributed by atoms with Gasteiger partial charge < -0.3 is 14.7 Å².